The highest BCUT2D eigenvalue weighted by atomic mass is 16.4. The Bertz CT molecular complexity index is 743. The number of nitrogens with one attached hydrogen (secondary N) is 1. The SMILES string of the molecule is CC(C)(C)c1ccc(C(=O)Nc2cc(C(=O)O)ccc2O)cc1. The van der Waals surface area contributed by atoms with Crippen molar-refractivity contribution in [1.29, 1.82) is 0 Å². The number of carbonyl (C=O) groups excluding carboxylic acids is 1. The highest BCUT2D eigenvalue weighted by molar-refractivity contribution is 6.05. The molecule has 3 N–H and O–H groups in total. The number of phenolic OH excluding ortho intramolecular Hbond substituents is 1. The summed E-state index contributed by atoms with van der Waals surface area (Å²) < 4.78 is 0. The van der Waals surface area contributed by atoms with Crippen molar-refractivity contribution in [3.63, 3.8) is 0 Å². The van der Waals surface area contributed by atoms with E-state index in [0.29, 0.717) is 5.56 Å². The molecular weight excluding hydrogens is 294 g/mol. The summed E-state index contributed by atoms with van der Waals surface area (Å²) in [6.45, 7) is 6.24. The molecule has 23 heavy (non-hydrogen) atoms. The van der Waals surface area contributed by atoms with Crippen molar-refractivity contribution in [3.05, 3.63) is 59.2 Å². The predicted molar refractivity (Wildman–Crippen MR) is 88.2 cm³/mol. The van der Waals surface area contributed by atoms with Crippen molar-refractivity contribution >= 4 is 17.6 Å². The zero-order chi connectivity index (χ0) is 17.2. The lowest BCUT2D eigenvalue weighted by Crippen LogP contribution is -2.14. The molecule has 0 aromatic heterocycles. The molecule has 0 spiro atoms. The molecule has 0 fully saturated rings. The Kier molecular flexibility index (Phi) is 4.40. The van der Waals surface area contributed by atoms with Crippen LogP contribution in [0.5, 0.6) is 5.75 Å². The Hall–Kier alpha value is -2.82. The van der Waals surface area contributed by atoms with Crippen molar-refractivity contribution in [1.82, 2.24) is 0 Å². The van der Waals surface area contributed by atoms with Crippen LogP contribution in [0, 0.1) is 0 Å². The number of anilines is 1. The average molecular weight is 313 g/mol. The standard InChI is InChI=1S/C18H19NO4/c1-18(2,3)13-7-4-11(5-8-13)16(21)19-14-10-12(17(22)23)6-9-15(14)20/h4-10,20H,1-3H3,(H,19,21)(H,22,23). The van der Waals surface area contributed by atoms with Gasteiger partial charge < -0.3 is 15.5 Å². The molecule has 2 aromatic carbocycles. The Balaban J connectivity index is 2.22. The smallest absolute Gasteiger partial charge is 0.335 e. The molecule has 0 aliphatic heterocycles. The van der Waals surface area contributed by atoms with Gasteiger partial charge in [0.05, 0.1) is 11.3 Å². The second-order valence-electron chi connectivity index (χ2n) is 6.32. The maximum atomic E-state index is 12.2. The number of phenols is 1. The number of amides is 1. The molecule has 120 valence electrons. The van der Waals surface area contributed by atoms with Crippen LogP contribution >= 0.6 is 0 Å². The van der Waals surface area contributed by atoms with Crippen LogP contribution in [0.4, 0.5) is 5.69 Å². The molecule has 0 radical (unpaired) electrons. The van der Waals surface area contributed by atoms with Crippen LogP contribution in [0.1, 0.15) is 47.1 Å². The molecule has 0 aliphatic carbocycles. The lowest BCUT2D eigenvalue weighted by Gasteiger charge is -2.19. The summed E-state index contributed by atoms with van der Waals surface area (Å²) in [7, 11) is 0. The topological polar surface area (TPSA) is 86.6 Å². The summed E-state index contributed by atoms with van der Waals surface area (Å²) in [6, 6.07) is 10.9. The van der Waals surface area contributed by atoms with Gasteiger partial charge in [0, 0.05) is 5.56 Å². The van der Waals surface area contributed by atoms with Crippen LogP contribution in [-0.2, 0) is 5.41 Å². The number of hydrogen-bond acceptors (Lipinski definition) is 3. The van der Waals surface area contributed by atoms with Crippen LogP contribution in [0.2, 0.25) is 0 Å². The number of carbonyl (C=O) groups is 2. The lowest BCUT2D eigenvalue weighted by atomic mass is 9.87. The van der Waals surface area contributed by atoms with Crippen molar-refractivity contribution < 1.29 is 19.8 Å². The van der Waals surface area contributed by atoms with E-state index in [9.17, 15) is 14.7 Å². The third-order valence-corrected chi connectivity index (χ3v) is 3.50. The maximum Gasteiger partial charge on any atom is 0.335 e. The summed E-state index contributed by atoms with van der Waals surface area (Å²) >= 11 is 0. The number of aromatic hydroxyl groups is 1. The molecule has 5 heteroatoms. The highest BCUT2D eigenvalue weighted by Gasteiger charge is 2.15. The summed E-state index contributed by atoms with van der Waals surface area (Å²) in [5.41, 5.74) is 1.57. The van der Waals surface area contributed by atoms with Gasteiger partial charge in [-0.15, -0.1) is 0 Å². The fourth-order valence-corrected chi connectivity index (χ4v) is 2.09. The molecule has 0 unspecified atom stereocenters. The summed E-state index contributed by atoms with van der Waals surface area (Å²) in [6.07, 6.45) is 0. The average Bonchev–Trinajstić information content (AvgIpc) is 2.48. The molecule has 0 saturated heterocycles. The molecule has 2 rings (SSSR count). The number of rotatable bonds is 3. The Labute approximate surface area is 134 Å². The van der Waals surface area contributed by atoms with Gasteiger partial charge in [-0.25, -0.2) is 4.79 Å². The van der Waals surface area contributed by atoms with Crippen LogP contribution in [-0.4, -0.2) is 22.1 Å². The zero-order valence-corrected chi connectivity index (χ0v) is 13.3. The summed E-state index contributed by atoms with van der Waals surface area (Å²) in [4.78, 5) is 23.2. The van der Waals surface area contributed by atoms with Crippen molar-refractivity contribution in [2.24, 2.45) is 0 Å². The van der Waals surface area contributed by atoms with E-state index >= 15 is 0 Å². The lowest BCUT2D eigenvalue weighted by molar-refractivity contribution is 0.0696. The Morgan fingerprint density at radius 2 is 1.52 bits per heavy atom. The molecule has 1 amide bonds. The zero-order valence-electron chi connectivity index (χ0n) is 13.3. The van der Waals surface area contributed by atoms with Gasteiger partial charge in [-0.3, -0.25) is 4.79 Å². The van der Waals surface area contributed by atoms with E-state index in [2.05, 4.69) is 26.1 Å². The van der Waals surface area contributed by atoms with Gasteiger partial charge in [-0.2, -0.15) is 0 Å². The first-order chi connectivity index (χ1) is 10.7. The normalized spacial score (nSPS) is 11.1. The molecule has 2 aromatic rings. The molecule has 0 bridgehead atoms. The largest absolute Gasteiger partial charge is 0.506 e. The number of carboxylic acids is 1. The number of benzene rings is 2. The minimum Gasteiger partial charge on any atom is -0.506 e. The fraction of sp³-hybridized carbons (Fsp3) is 0.222. The molecule has 0 saturated carbocycles. The van der Waals surface area contributed by atoms with Crippen LogP contribution in [0.25, 0.3) is 0 Å². The van der Waals surface area contributed by atoms with Crippen molar-refractivity contribution in [3.8, 4) is 5.75 Å². The first-order valence-corrected chi connectivity index (χ1v) is 7.16. The van der Waals surface area contributed by atoms with E-state index in [0.717, 1.165) is 5.56 Å². The van der Waals surface area contributed by atoms with Crippen LogP contribution < -0.4 is 5.32 Å². The van der Waals surface area contributed by atoms with Gasteiger partial charge in [0.25, 0.3) is 5.91 Å². The van der Waals surface area contributed by atoms with Gasteiger partial charge in [0.2, 0.25) is 0 Å². The molecular formula is C18H19NO4. The van der Waals surface area contributed by atoms with Crippen molar-refractivity contribution in [2.75, 3.05) is 5.32 Å². The van der Waals surface area contributed by atoms with Gasteiger partial charge in [0.15, 0.2) is 0 Å². The van der Waals surface area contributed by atoms with Crippen molar-refractivity contribution in [2.45, 2.75) is 26.2 Å². The third kappa shape index (κ3) is 3.88. The molecule has 0 atom stereocenters. The van der Waals surface area contributed by atoms with Gasteiger partial charge in [-0.05, 0) is 41.3 Å². The molecule has 0 aliphatic rings. The summed E-state index contributed by atoms with van der Waals surface area (Å²) in [5.74, 6) is -1.73. The predicted octanol–water partition coefficient (Wildman–Crippen LogP) is 3.64. The quantitative estimate of drug-likeness (QED) is 0.755. The highest BCUT2D eigenvalue weighted by Crippen LogP contribution is 2.26. The van der Waals surface area contributed by atoms with E-state index in [4.69, 9.17) is 5.11 Å². The summed E-state index contributed by atoms with van der Waals surface area (Å²) in [5, 5.41) is 21.2. The second-order valence-corrected chi connectivity index (χ2v) is 6.32. The van der Waals surface area contributed by atoms with Gasteiger partial charge in [-0.1, -0.05) is 32.9 Å². The van der Waals surface area contributed by atoms with Crippen LogP contribution in [0.15, 0.2) is 42.5 Å². The van der Waals surface area contributed by atoms with E-state index in [1.807, 2.05) is 12.1 Å². The van der Waals surface area contributed by atoms with E-state index in [1.165, 1.54) is 18.2 Å². The minimum atomic E-state index is -1.13. The third-order valence-electron chi connectivity index (χ3n) is 3.50. The minimum absolute atomic E-state index is 0.0108. The fourth-order valence-electron chi connectivity index (χ4n) is 2.09. The monoisotopic (exact) mass is 313 g/mol. The number of aromatic carboxylic acids is 1. The first-order valence-electron chi connectivity index (χ1n) is 7.16. The Morgan fingerprint density at radius 3 is 2.04 bits per heavy atom. The maximum absolute atomic E-state index is 12.2. The first kappa shape index (κ1) is 16.5. The van der Waals surface area contributed by atoms with Crippen LogP contribution in [0.3, 0.4) is 0 Å². The number of carboxylic acid groups (broad SMARTS) is 1. The van der Waals surface area contributed by atoms with E-state index in [-0.39, 0.29) is 22.4 Å². The van der Waals surface area contributed by atoms with E-state index < -0.39 is 11.9 Å². The Morgan fingerprint density at radius 1 is 0.957 bits per heavy atom. The molecule has 0 heterocycles. The number of hydrogen-bond donors (Lipinski definition) is 3. The second kappa shape index (κ2) is 6.12. The van der Waals surface area contributed by atoms with Gasteiger partial charge >= 0.3 is 5.97 Å². The molecule has 5 nitrogen and oxygen atoms in total. The van der Waals surface area contributed by atoms with E-state index in [1.54, 1.807) is 12.1 Å². The van der Waals surface area contributed by atoms with Gasteiger partial charge in [0.1, 0.15) is 5.75 Å².